The summed E-state index contributed by atoms with van der Waals surface area (Å²) < 4.78 is 86.2. The van der Waals surface area contributed by atoms with E-state index in [2.05, 4.69) is 25.0 Å². The highest BCUT2D eigenvalue weighted by atomic mass is 35.5. The van der Waals surface area contributed by atoms with Crippen molar-refractivity contribution in [3.63, 3.8) is 0 Å². The zero-order valence-electron chi connectivity index (χ0n) is 21.3. The molecule has 4 aromatic rings. The maximum Gasteiger partial charge on any atom is 0.573 e. The number of thiazole rings is 1. The largest absolute Gasteiger partial charge is 0.573 e. The molecule has 1 aliphatic carbocycles. The summed E-state index contributed by atoms with van der Waals surface area (Å²) in [5.41, 5.74) is -0.372. The Morgan fingerprint density at radius 3 is 2.66 bits per heavy atom. The molecule has 1 aliphatic rings. The highest BCUT2D eigenvalue weighted by molar-refractivity contribution is 7.16. The van der Waals surface area contributed by atoms with E-state index >= 15 is 0 Å². The van der Waals surface area contributed by atoms with Crippen LogP contribution in [0.3, 0.4) is 0 Å². The molecule has 3 heterocycles. The van der Waals surface area contributed by atoms with Gasteiger partial charge < -0.3 is 14.6 Å². The molecule has 1 aromatic carbocycles. The van der Waals surface area contributed by atoms with E-state index in [9.17, 15) is 31.1 Å². The molecule has 0 aliphatic heterocycles. The quantitative estimate of drug-likeness (QED) is 0.199. The number of carbonyl (C=O) groups excluding carboxylic acids is 1. The summed E-state index contributed by atoms with van der Waals surface area (Å²) in [5.74, 6) is -2.33. The van der Waals surface area contributed by atoms with Gasteiger partial charge in [-0.1, -0.05) is 18.5 Å². The number of fused-ring (bicyclic) bond motifs is 1. The number of carbonyl (C=O) groups is 1. The summed E-state index contributed by atoms with van der Waals surface area (Å²) in [4.78, 5) is 25.3. The molecule has 1 amide bonds. The van der Waals surface area contributed by atoms with Crippen LogP contribution < -0.4 is 10.1 Å². The molecule has 15 heteroatoms. The van der Waals surface area contributed by atoms with E-state index in [1.54, 1.807) is 22.9 Å². The summed E-state index contributed by atoms with van der Waals surface area (Å²) in [7, 11) is 0. The SMILES string of the molecule is CC(CCNC(=O)Cn1cnc2cccnc21)c1nc(-c2cc(OC(F)(F)F)c(C(F)(F)F)c(C3CC3)c2)c(Cl)s1. The van der Waals surface area contributed by atoms with Crippen LogP contribution in [-0.4, -0.2) is 38.3 Å². The number of rotatable bonds is 9. The van der Waals surface area contributed by atoms with E-state index in [4.69, 9.17) is 11.6 Å². The van der Waals surface area contributed by atoms with E-state index in [0.29, 0.717) is 48.0 Å². The van der Waals surface area contributed by atoms with Crippen LogP contribution in [-0.2, 0) is 17.5 Å². The van der Waals surface area contributed by atoms with E-state index in [0.717, 1.165) is 11.3 Å². The van der Waals surface area contributed by atoms with Crippen molar-refractivity contribution >= 4 is 40.0 Å². The zero-order chi connectivity index (χ0) is 29.5. The molecule has 0 spiro atoms. The zero-order valence-corrected chi connectivity index (χ0v) is 22.9. The van der Waals surface area contributed by atoms with Gasteiger partial charge in [0.1, 0.15) is 33.4 Å². The fraction of sp³-hybridized carbons (Fsp3) is 0.385. The van der Waals surface area contributed by atoms with E-state index in [-0.39, 0.29) is 39.5 Å². The Hall–Kier alpha value is -3.39. The van der Waals surface area contributed by atoms with Crippen molar-refractivity contribution in [2.24, 2.45) is 0 Å². The van der Waals surface area contributed by atoms with Gasteiger partial charge in [-0.25, -0.2) is 15.0 Å². The lowest BCUT2D eigenvalue weighted by Crippen LogP contribution is -2.29. The number of pyridine rings is 1. The van der Waals surface area contributed by atoms with Crippen molar-refractivity contribution in [3.8, 4) is 17.0 Å². The van der Waals surface area contributed by atoms with Gasteiger partial charge in [-0.05, 0) is 55.0 Å². The molecule has 7 nitrogen and oxygen atoms in total. The minimum absolute atomic E-state index is 0.00770. The number of halogens is 7. The lowest BCUT2D eigenvalue weighted by molar-refractivity contribution is -0.276. The highest BCUT2D eigenvalue weighted by Crippen LogP contribution is 2.52. The predicted octanol–water partition coefficient (Wildman–Crippen LogP) is 7.31. The topological polar surface area (TPSA) is 81.9 Å². The first-order valence-electron chi connectivity index (χ1n) is 12.5. The Morgan fingerprint density at radius 2 is 1.98 bits per heavy atom. The van der Waals surface area contributed by atoms with Gasteiger partial charge in [0.2, 0.25) is 5.91 Å². The first kappa shape index (κ1) is 29.1. The first-order valence-corrected chi connectivity index (χ1v) is 13.7. The Labute approximate surface area is 238 Å². The van der Waals surface area contributed by atoms with E-state index < -0.39 is 29.8 Å². The number of alkyl halides is 6. The number of benzene rings is 1. The summed E-state index contributed by atoms with van der Waals surface area (Å²) in [6.07, 6.45) is -5.93. The lowest BCUT2D eigenvalue weighted by atomic mass is 9.97. The van der Waals surface area contributed by atoms with Crippen molar-refractivity contribution < 1.29 is 35.9 Å². The molecule has 218 valence electrons. The molecule has 0 bridgehead atoms. The molecule has 41 heavy (non-hydrogen) atoms. The number of imidazole rings is 1. The van der Waals surface area contributed by atoms with Crippen LogP contribution in [0.2, 0.25) is 4.34 Å². The molecule has 1 saturated carbocycles. The van der Waals surface area contributed by atoms with E-state index in [1.807, 2.05) is 6.92 Å². The molecule has 0 radical (unpaired) electrons. The van der Waals surface area contributed by atoms with Gasteiger partial charge in [-0.15, -0.1) is 24.5 Å². The third kappa shape index (κ3) is 6.75. The fourth-order valence-corrected chi connectivity index (χ4v) is 5.77. The second kappa shape index (κ2) is 11.1. The standard InChI is InChI=1S/C26H22ClF6N5O2S/c1-13(6-8-34-19(39)11-38-12-36-17-3-2-7-35-23(17)38)24-37-21(22(27)41-24)15-9-16(14-4-5-14)20(25(28,29)30)18(10-15)40-26(31,32)33/h2-3,7,9-10,12-14H,4-6,8,11H2,1H3,(H,34,39). The summed E-state index contributed by atoms with van der Waals surface area (Å²) in [6, 6.07) is 5.42. The summed E-state index contributed by atoms with van der Waals surface area (Å²) >= 11 is 7.46. The van der Waals surface area contributed by atoms with Crippen LogP contribution in [0.15, 0.2) is 36.8 Å². The minimum atomic E-state index is -5.32. The van der Waals surface area contributed by atoms with Gasteiger partial charge in [0.15, 0.2) is 5.65 Å². The van der Waals surface area contributed by atoms with Crippen molar-refractivity contribution in [1.29, 1.82) is 0 Å². The Balaban J connectivity index is 1.31. The van der Waals surface area contributed by atoms with Gasteiger partial charge in [-0.2, -0.15) is 13.2 Å². The second-order valence-electron chi connectivity index (χ2n) is 9.69. The van der Waals surface area contributed by atoms with Crippen LogP contribution in [0.5, 0.6) is 5.75 Å². The number of ether oxygens (including phenoxy) is 1. The molecular formula is C26H22ClF6N5O2S. The second-order valence-corrected chi connectivity index (χ2v) is 11.3. The minimum Gasteiger partial charge on any atom is -0.405 e. The normalized spacial score (nSPS) is 14.8. The van der Waals surface area contributed by atoms with Gasteiger partial charge in [0, 0.05) is 24.2 Å². The first-order chi connectivity index (χ1) is 19.3. The molecule has 1 unspecified atom stereocenters. The van der Waals surface area contributed by atoms with Gasteiger partial charge in [0.05, 0.1) is 11.3 Å². The number of nitrogens with zero attached hydrogens (tertiary/aromatic N) is 4. The highest BCUT2D eigenvalue weighted by Gasteiger charge is 2.44. The molecule has 1 fully saturated rings. The maximum absolute atomic E-state index is 13.8. The molecule has 3 aromatic heterocycles. The van der Waals surface area contributed by atoms with Crippen LogP contribution in [0.4, 0.5) is 26.3 Å². The van der Waals surface area contributed by atoms with Gasteiger partial charge >= 0.3 is 12.5 Å². The number of hydrogen-bond donors (Lipinski definition) is 1. The molecule has 1 atom stereocenters. The number of hydrogen-bond acceptors (Lipinski definition) is 6. The van der Waals surface area contributed by atoms with Crippen LogP contribution in [0.1, 0.15) is 54.2 Å². The van der Waals surface area contributed by atoms with E-state index in [1.165, 1.54) is 12.4 Å². The van der Waals surface area contributed by atoms with Crippen LogP contribution in [0, 0.1) is 0 Å². The Kier molecular flexibility index (Phi) is 7.90. The lowest BCUT2D eigenvalue weighted by Gasteiger charge is -2.20. The molecule has 0 saturated heterocycles. The maximum atomic E-state index is 13.8. The molecule has 1 N–H and O–H groups in total. The average molecular weight is 618 g/mol. The Bertz CT molecular complexity index is 1580. The van der Waals surface area contributed by atoms with Crippen molar-refractivity contribution in [2.75, 3.05) is 6.54 Å². The van der Waals surface area contributed by atoms with Crippen molar-refractivity contribution in [2.45, 2.75) is 57.1 Å². The third-order valence-electron chi connectivity index (χ3n) is 6.54. The van der Waals surface area contributed by atoms with Crippen LogP contribution >= 0.6 is 22.9 Å². The monoisotopic (exact) mass is 617 g/mol. The van der Waals surface area contributed by atoms with Crippen LogP contribution in [0.25, 0.3) is 22.4 Å². The number of amides is 1. The van der Waals surface area contributed by atoms with Gasteiger partial charge in [0.25, 0.3) is 0 Å². The van der Waals surface area contributed by atoms with Crippen molar-refractivity contribution in [1.82, 2.24) is 24.8 Å². The van der Waals surface area contributed by atoms with Crippen molar-refractivity contribution in [3.05, 3.63) is 57.3 Å². The average Bonchev–Trinajstić information content (AvgIpc) is 3.54. The predicted molar refractivity (Wildman–Crippen MR) is 140 cm³/mol. The smallest absolute Gasteiger partial charge is 0.405 e. The Morgan fingerprint density at radius 1 is 1.22 bits per heavy atom. The summed E-state index contributed by atoms with van der Waals surface area (Å²) in [6.45, 7) is 2.15. The molecular weight excluding hydrogens is 596 g/mol. The number of aromatic nitrogens is 4. The number of nitrogens with one attached hydrogen (secondary N) is 1. The molecule has 5 rings (SSSR count). The summed E-state index contributed by atoms with van der Waals surface area (Å²) in [5, 5.41) is 3.34. The van der Waals surface area contributed by atoms with Gasteiger partial charge in [-0.3, -0.25) is 4.79 Å². The third-order valence-corrected chi connectivity index (χ3v) is 8.03. The fourth-order valence-electron chi connectivity index (χ4n) is 4.48.